The molecule has 0 fully saturated rings. The molecule has 2 N–H and O–H groups in total. The maximum Gasteiger partial charge on any atom is 0.279 e. The van der Waals surface area contributed by atoms with Crippen LogP contribution >= 0.6 is 11.3 Å². The van der Waals surface area contributed by atoms with Gasteiger partial charge in [0.1, 0.15) is 0 Å². The number of carbonyl (C=O) groups is 2. The van der Waals surface area contributed by atoms with Crippen LogP contribution in [-0.4, -0.2) is 32.0 Å². The number of rotatable bonds is 6. The molecule has 0 aliphatic rings. The number of thiophene rings is 1. The van der Waals surface area contributed by atoms with Crippen LogP contribution < -0.4 is 10.9 Å². The lowest BCUT2D eigenvalue weighted by Gasteiger charge is -2.07. The van der Waals surface area contributed by atoms with E-state index in [-0.39, 0.29) is 11.8 Å². The van der Waals surface area contributed by atoms with Crippen molar-refractivity contribution < 1.29 is 9.59 Å². The number of hydrazine groups is 1. The number of benzene rings is 2. The van der Waals surface area contributed by atoms with E-state index in [2.05, 4.69) is 26.3 Å². The van der Waals surface area contributed by atoms with Crippen molar-refractivity contribution in [1.29, 1.82) is 0 Å². The monoisotopic (exact) mass is 446 g/mol. The molecule has 8 nitrogen and oxygen atoms in total. The van der Waals surface area contributed by atoms with Crippen LogP contribution in [0.25, 0.3) is 11.4 Å². The summed E-state index contributed by atoms with van der Waals surface area (Å²) in [5.41, 5.74) is 8.27. The predicted molar refractivity (Wildman–Crippen MR) is 122 cm³/mol. The van der Waals surface area contributed by atoms with E-state index < -0.39 is 0 Å². The maximum atomic E-state index is 12.4. The summed E-state index contributed by atoms with van der Waals surface area (Å²) >= 11 is 1.44. The van der Waals surface area contributed by atoms with Gasteiger partial charge in [-0.25, -0.2) is 0 Å². The Morgan fingerprint density at radius 3 is 2.41 bits per heavy atom. The molecule has 0 radical (unpaired) electrons. The van der Waals surface area contributed by atoms with E-state index in [1.165, 1.54) is 16.1 Å². The molecule has 0 saturated heterocycles. The number of nitrogens with one attached hydrogen (secondary N) is 2. The Morgan fingerprint density at radius 2 is 1.72 bits per heavy atom. The molecule has 162 valence electrons. The average molecular weight is 447 g/mol. The first kappa shape index (κ1) is 21.4. The molecule has 2 aromatic heterocycles. The Morgan fingerprint density at radius 1 is 1.00 bits per heavy atom. The smallest absolute Gasteiger partial charge is 0.267 e. The molecule has 2 aromatic carbocycles. The highest BCUT2D eigenvalue weighted by Crippen LogP contribution is 2.22. The largest absolute Gasteiger partial charge is 0.279 e. The summed E-state index contributed by atoms with van der Waals surface area (Å²) in [6, 6.07) is 18.5. The highest BCUT2D eigenvalue weighted by atomic mass is 32.1. The molecule has 0 aliphatic carbocycles. The van der Waals surface area contributed by atoms with Crippen LogP contribution in [0.1, 0.15) is 43.0 Å². The number of aryl methyl sites for hydroxylation is 2. The van der Waals surface area contributed by atoms with E-state index in [1.54, 1.807) is 12.1 Å². The average Bonchev–Trinajstić information content (AvgIpc) is 3.44. The van der Waals surface area contributed by atoms with Gasteiger partial charge in [0.25, 0.3) is 11.8 Å². The molecule has 32 heavy (non-hydrogen) atoms. The van der Waals surface area contributed by atoms with Gasteiger partial charge in [0.2, 0.25) is 5.82 Å². The van der Waals surface area contributed by atoms with Crippen LogP contribution in [0.2, 0.25) is 0 Å². The molecule has 2 heterocycles. The first-order valence-corrected chi connectivity index (χ1v) is 11.0. The standard InChI is InChI=1S/C23H22N6O2S/c1-3-19-15(2)13-20(32-19)23(31)26-25-22(30)18-11-9-16(10-12-18)14-29-27-21(24-28-29)17-7-5-4-6-8-17/h4-13H,3,14H2,1-2H3,(H,25,30)(H,26,31). The molecule has 0 unspecified atom stereocenters. The lowest BCUT2D eigenvalue weighted by molar-refractivity contribution is 0.0849. The maximum absolute atomic E-state index is 12.4. The van der Waals surface area contributed by atoms with Gasteiger partial charge in [-0.3, -0.25) is 20.4 Å². The van der Waals surface area contributed by atoms with Crippen LogP contribution in [0.5, 0.6) is 0 Å². The van der Waals surface area contributed by atoms with Gasteiger partial charge in [-0.15, -0.1) is 21.5 Å². The van der Waals surface area contributed by atoms with Crippen molar-refractivity contribution in [1.82, 2.24) is 31.1 Å². The van der Waals surface area contributed by atoms with E-state index in [4.69, 9.17) is 0 Å². The summed E-state index contributed by atoms with van der Waals surface area (Å²) in [5.74, 6) is -0.155. The Labute approximate surface area is 189 Å². The minimum Gasteiger partial charge on any atom is -0.267 e. The van der Waals surface area contributed by atoms with Gasteiger partial charge in [-0.1, -0.05) is 49.4 Å². The van der Waals surface area contributed by atoms with Crippen molar-refractivity contribution >= 4 is 23.2 Å². The Kier molecular flexibility index (Phi) is 6.37. The molecule has 0 atom stereocenters. The molecule has 0 spiro atoms. The zero-order chi connectivity index (χ0) is 22.5. The second kappa shape index (κ2) is 9.52. The molecular formula is C23H22N6O2S. The number of amides is 2. The third-order valence-electron chi connectivity index (χ3n) is 4.88. The summed E-state index contributed by atoms with van der Waals surface area (Å²) in [5, 5.41) is 12.6. The van der Waals surface area contributed by atoms with Gasteiger partial charge in [0.15, 0.2) is 0 Å². The van der Waals surface area contributed by atoms with E-state index in [1.807, 2.05) is 62.4 Å². The number of carbonyl (C=O) groups excluding carboxylic acids is 2. The van der Waals surface area contributed by atoms with Crippen LogP contribution in [0.4, 0.5) is 0 Å². The Hall–Kier alpha value is -3.85. The summed E-state index contributed by atoms with van der Waals surface area (Å²) in [6.45, 7) is 4.45. The van der Waals surface area contributed by atoms with Crippen molar-refractivity contribution in [2.24, 2.45) is 0 Å². The molecule has 2 amide bonds. The van der Waals surface area contributed by atoms with Crippen molar-refractivity contribution in [2.45, 2.75) is 26.8 Å². The zero-order valence-electron chi connectivity index (χ0n) is 17.7. The lowest BCUT2D eigenvalue weighted by Crippen LogP contribution is -2.41. The van der Waals surface area contributed by atoms with Crippen LogP contribution in [0, 0.1) is 6.92 Å². The van der Waals surface area contributed by atoms with Gasteiger partial charge in [0, 0.05) is 16.0 Å². The molecule has 4 aromatic rings. The summed E-state index contributed by atoms with van der Waals surface area (Å²) in [7, 11) is 0. The van der Waals surface area contributed by atoms with Crippen molar-refractivity contribution in [3.63, 3.8) is 0 Å². The van der Waals surface area contributed by atoms with E-state index >= 15 is 0 Å². The lowest BCUT2D eigenvalue weighted by atomic mass is 10.1. The van der Waals surface area contributed by atoms with E-state index in [0.29, 0.717) is 22.8 Å². The minimum absolute atomic E-state index is 0.325. The number of aromatic nitrogens is 4. The first-order chi connectivity index (χ1) is 15.5. The number of hydrogen-bond acceptors (Lipinski definition) is 6. The normalized spacial score (nSPS) is 10.7. The molecular weight excluding hydrogens is 424 g/mol. The van der Waals surface area contributed by atoms with E-state index in [0.717, 1.165) is 28.0 Å². The van der Waals surface area contributed by atoms with Gasteiger partial charge in [-0.2, -0.15) is 4.80 Å². The third-order valence-corrected chi connectivity index (χ3v) is 6.26. The van der Waals surface area contributed by atoms with Gasteiger partial charge >= 0.3 is 0 Å². The summed E-state index contributed by atoms with van der Waals surface area (Å²) in [4.78, 5) is 27.9. The first-order valence-electron chi connectivity index (χ1n) is 10.2. The van der Waals surface area contributed by atoms with Gasteiger partial charge in [-0.05, 0) is 47.9 Å². The van der Waals surface area contributed by atoms with E-state index in [9.17, 15) is 9.59 Å². The van der Waals surface area contributed by atoms with Crippen molar-refractivity contribution in [3.8, 4) is 11.4 Å². The SMILES string of the molecule is CCc1sc(C(=O)NNC(=O)c2ccc(Cn3nnc(-c4ccccc4)n3)cc2)cc1C. The van der Waals surface area contributed by atoms with Crippen LogP contribution in [-0.2, 0) is 13.0 Å². The minimum atomic E-state index is -0.390. The number of hydrogen-bond donors (Lipinski definition) is 2. The highest BCUT2D eigenvalue weighted by Gasteiger charge is 2.13. The Balaban J connectivity index is 1.33. The number of nitrogens with zero attached hydrogens (tertiary/aromatic N) is 4. The highest BCUT2D eigenvalue weighted by molar-refractivity contribution is 7.14. The zero-order valence-corrected chi connectivity index (χ0v) is 18.5. The topological polar surface area (TPSA) is 102 Å². The predicted octanol–water partition coefficient (Wildman–Crippen LogP) is 3.40. The molecule has 0 bridgehead atoms. The molecule has 4 rings (SSSR count). The molecule has 9 heteroatoms. The van der Waals surface area contributed by atoms with Gasteiger partial charge < -0.3 is 0 Å². The Bertz CT molecular complexity index is 1230. The fourth-order valence-corrected chi connectivity index (χ4v) is 4.18. The van der Waals surface area contributed by atoms with Crippen molar-refractivity contribution in [2.75, 3.05) is 0 Å². The van der Waals surface area contributed by atoms with Gasteiger partial charge in [0.05, 0.1) is 11.4 Å². The number of tetrazole rings is 1. The third kappa shape index (κ3) is 4.89. The summed E-state index contributed by atoms with van der Waals surface area (Å²) < 4.78 is 0. The quantitative estimate of drug-likeness (QED) is 0.442. The molecule has 0 aliphatic heterocycles. The van der Waals surface area contributed by atoms with Crippen molar-refractivity contribution in [3.05, 3.63) is 87.1 Å². The molecule has 0 saturated carbocycles. The van der Waals surface area contributed by atoms with Crippen LogP contribution in [0.3, 0.4) is 0 Å². The fourth-order valence-electron chi connectivity index (χ4n) is 3.17. The fraction of sp³-hybridized carbons (Fsp3) is 0.174. The second-order valence-electron chi connectivity index (χ2n) is 7.19. The second-order valence-corrected chi connectivity index (χ2v) is 8.32. The van der Waals surface area contributed by atoms with Crippen LogP contribution in [0.15, 0.2) is 60.7 Å². The summed E-state index contributed by atoms with van der Waals surface area (Å²) in [6.07, 6.45) is 0.875.